The van der Waals surface area contributed by atoms with Gasteiger partial charge in [-0.1, -0.05) is 0 Å². The van der Waals surface area contributed by atoms with E-state index in [9.17, 15) is 4.79 Å². The molecule has 0 radical (unpaired) electrons. The fourth-order valence-electron chi connectivity index (χ4n) is 2.25. The van der Waals surface area contributed by atoms with Crippen LogP contribution in [0.4, 0.5) is 0 Å². The second kappa shape index (κ2) is 6.00. The van der Waals surface area contributed by atoms with E-state index in [2.05, 4.69) is 24.3 Å². The zero-order valence-corrected chi connectivity index (χ0v) is 11.2. The van der Waals surface area contributed by atoms with Gasteiger partial charge in [0.15, 0.2) is 0 Å². The molecule has 1 amide bonds. The average Bonchev–Trinajstić information content (AvgIpc) is 3.05. The number of likely N-dealkylation sites (tertiary alicyclic amines) is 1. The van der Waals surface area contributed by atoms with Gasteiger partial charge in [0.25, 0.3) is 0 Å². The summed E-state index contributed by atoms with van der Waals surface area (Å²) in [7, 11) is 0. The Morgan fingerprint density at radius 1 is 1.39 bits per heavy atom. The van der Waals surface area contributed by atoms with Crippen molar-refractivity contribution in [2.24, 2.45) is 0 Å². The van der Waals surface area contributed by atoms with Crippen LogP contribution >= 0.6 is 0 Å². The summed E-state index contributed by atoms with van der Waals surface area (Å²) in [5.41, 5.74) is 0. The first-order valence-electron chi connectivity index (χ1n) is 6.69. The van der Waals surface area contributed by atoms with Gasteiger partial charge in [-0.25, -0.2) is 0 Å². The maximum absolute atomic E-state index is 11.9. The third kappa shape index (κ3) is 3.10. The molecule has 5 nitrogen and oxygen atoms in total. The Kier molecular flexibility index (Phi) is 4.36. The predicted molar refractivity (Wildman–Crippen MR) is 70.2 cm³/mol. The maximum Gasteiger partial charge on any atom is 0.236 e. The number of hydrogen-bond acceptors (Lipinski definition) is 3. The quantitative estimate of drug-likeness (QED) is 0.849. The Hall–Kier alpha value is -1.36. The average molecular weight is 250 g/mol. The Balaban J connectivity index is 1.77. The van der Waals surface area contributed by atoms with Crippen molar-refractivity contribution in [2.75, 3.05) is 19.6 Å². The Morgan fingerprint density at radius 2 is 2.11 bits per heavy atom. The van der Waals surface area contributed by atoms with Crippen molar-refractivity contribution in [1.29, 1.82) is 0 Å². The molecule has 1 saturated heterocycles. The van der Waals surface area contributed by atoms with Gasteiger partial charge in [0.2, 0.25) is 5.91 Å². The summed E-state index contributed by atoms with van der Waals surface area (Å²) < 4.78 is 1.91. The number of rotatable bonds is 5. The number of aromatic nitrogens is 2. The topological polar surface area (TPSA) is 50.2 Å². The molecule has 2 heterocycles. The van der Waals surface area contributed by atoms with E-state index < -0.39 is 0 Å². The van der Waals surface area contributed by atoms with Gasteiger partial charge in [-0.15, -0.1) is 0 Å². The van der Waals surface area contributed by atoms with E-state index in [1.165, 1.54) is 0 Å². The molecule has 1 aromatic heterocycles. The fraction of sp³-hybridized carbons (Fsp3) is 0.692. The molecular weight excluding hydrogens is 228 g/mol. The monoisotopic (exact) mass is 250 g/mol. The number of carbonyl (C=O) groups excluding carboxylic acids is 1. The van der Waals surface area contributed by atoms with Crippen LogP contribution in [-0.2, 0) is 4.79 Å². The molecule has 100 valence electrons. The molecule has 1 aromatic rings. The van der Waals surface area contributed by atoms with Gasteiger partial charge in [0.05, 0.1) is 12.6 Å². The van der Waals surface area contributed by atoms with Crippen LogP contribution in [0.1, 0.15) is 32.7 Å². The van der Waals surface area contributed by atoms with Crippen LogP contribution in [0.25, 0.3) is 0 Å². The molecule has 0 aliphatic carbocycles. The molecule has 1 aliphatic heterocycles. The van der Waals surface area contributed by atoms with Crippen LogP contribution in [0.5, 0.6) is 0 Å². The van der Waals surface area contributed by atoms with Gasteiger partial charge < -0.3 is 10.2 Å². The van der Waals surface area contributed by atoms with Crippen molar-refractivity contribution in [3.63, 3.8) is 0 Å². The highest BCUT2D eigenvalue weighted by molar-refractivity contribution is 5.78. The summed E-state index contributed by atoms with van der Waals surface area (Å²) in [5, 5.41) is 7.52. The minimum absolute atomic E-state index is 0.215. The maximum atomic E-state index is 11.9. The first-order valence-corrected chi connectivity index (χ1v) is 6.69. The lowest BCUT2D eigenvalue weighted by atomic mass is 10.2. The SMILES string of the molecule is C[C@H](NCC(=O)N1CCCC1)[C@H](C)n1cccn1. The van der Waals surface area contributed by atoms with Crippen molar-refractivity contribution in [1.82, 2.24) is 20.0 Å². The normalized spacial score (nSPS) is 18.9. The summed E-state index contributed by atoms with van der Waals surface area (Å²) in [6, 6.07) is 2.38. The van der Waals surface area contributed by atoms with Gasteiger partial charge in [-0.2, -0.15) is 5.10 Å². The Labute approximate surface area is 108 Å². The van der Waals surface area contributed by atoms with Crippen LogP contribution in [0.15, 0.2) is 18.5 Å². The highest BCUT2D eigenvalue weighted by Gasteiger charge is 2.20. The van der Waals surface area contributed by atoms with Crippen molar-refractivity contribution in [2.45, 2.75) is 38.8 Å². The molecule has 0 spiro atoms. The van der Waals surface area contributed by atoms with Gasteiger partial charge in [-0.05, 0) is 32.8 Å². The predicted octanol–water partition coefficient (Wildman–Crippen LogP) is 1.04. The summed E-state index contributed by atoms with van der Waals surface area (Å²) in [4.78, 5) is 13.8. The highest BCUT2D eigenvalue weighted by Crippen LogP contribution is 2.10. The second-order valence-corrected chi connectivity index (χ2v) is 4.98. The van der Waals surface area contributed by atoms with E-state index in [1.807, 2.05) is 21.8 Å². The summed E-state index contributed by atoms with van der Waals surface area (Å²) in [6.45, 7) is 6.45. The van der Waals surface area contributed by atoms with Crippen LogP contribution < -0.4 is 5.32 Å². The molecule has 2 rings (SSSR count). The molecule has 1 fully saturated rings. The Bertz CT molecular complexity index is 370. The van der Waals surface area contributed by atoms with Crippen LogP contribution in [0, 0.1) is 0 Å². The number of nitrogens with one attached hydrogen (secondary N) is 1. The van der Waals surface area contributed by atoms with Crippen LogP contribution in [0.3, 0.4) is 0 Å². The van der Waals surface area contributed by atoms with E-state index in [0.717, 1.165) is 25.9 Å². The fourth-order valence-corrected chi connectivity index (χ4v) is 2.25. The van der Waals surface area contributed by atoms with Gasteiger partial charge in [-0.3, -0.25) is 9.48 Å². The zero-order valence-electron chi connectivity index (χ0n) is 11.2. The first kappa shape index (κ1) is 13.1. The lowest BCUT2D eigenvalue weighted by molar-refractivity contribution is -0.129. The Morgan fingerprint density at radius 3 is 2.72 bits per heavy atom. The van der Waals surface area contributed by atoms with Gasteiger partial charge in [0, 0.05) is 31.5 Å². The summed E-state index contributed by atoms with van der Waals surface area (Å²) in [6.07, 6.45) is 6.01. The van der Waals surface area contributed by atoms with Crippen molar-refractivity contribution in [3.8, 4) is 0 Å². The molecule has 0 aromatic carbocycles. The zero-order chi connectivity index (χ0) is 13.0. The molecule has 18 heavy (non-hydrogen) atoms. The standard InChI is InChI=1S/C13H22N4O/c1-11(12(2)17-9-5-6-15-17)14-10-13(18)16-7-3-4-8-16/h5-6,9,11-12,14H,3-4,7-8,10H2,1-2H3/t11-,12-/m0/s1. The first-order chi connectivity index (χ1) is 8.68. The largest absolute Gasteiger partial charge is 0.342 e. The summed E-state index contributed by atoms with van der Waals surface area (Å²) >= 11 is 0. The molecule has 1 N–H and O–H groups in total. The van der Waals surface area contributed by atoms with E-state index in [0.29, 0.717) is 6.54 Å². The lowest BCUT2D eigenvalue weighted by Crippen LogP contribution is -2.42. The van der Waals surface area contributed by atoms with Crippen molar-refractivity contribution < 1.29 is 4.79 Å². The number of amides is 1. The number of nitrogens with zero attached hydrogens (tertiary/aromatic N) is 3. The van der Waals surface area contributed by atoms with E-state index in [4.69, 9.17) is 0 Å². The third-order valence-corrected chi connectivity index (χ3v) is 3.70. The second-order valence-electron chi connectivity index (χ2n) is 4.98. The smallest absolute Gasteiger partial charge is 0.236 e. The van der Waals surface area contributed by atoms with Gasteiger partial charge >= 0.3 is 0 Å². The number of hydrogen-bond donors (Lipinski definition) is 1. The molecular formula is C13H22N4O. The summed E-state index contributed by atoms with van der Waals surface area (Å²) in [5.74, 6) is 0.215. The molecule has 5 heteroatoms. The van der Waals surface area contributed by atoms with Crippen LogP contribution in [-0.4, -0.2) is 46.3 Å². The van der Waals surface area contributed by atoms with Gasteiger partial charge in [0.1, 0.15) is 0 Å². The van der Waals surface area contributed by atoms with E-state index >= 15 is 0 Å². The van der Waals surface area contributed by atoms with Crippen LogP contribution in [0.2, 0.25) is 0 Å². The third-order valence-electron chi connectivity index (χ3n) is 3.70. The number of carbonyl (C=O) groups is 1. The molecule has 0 saturated carbocycles. The minimum Gasteiger partial charge on any atom is -0.342 e. The van der Waals surface area contributed by atoms with E-state index in [1.54, 1.807) is 6.20 Å². The van der Waals surface area contributed by atoms with Crippen molar-refractivity contribution in [3.05, 3.63) is 18.5 Å². The highest BCUT2D eigenvalue weighted by atomic mass is 16.2. The molecule has 1 aliphatic rings. The minimum atomic E-state index is 0.215. The lowest BCUT2D eigenvalue weighted by Gasteiger charge is -2.23. The van der Waals surface area contributed by atoms with Crippen molar-refractivity contribution >= 4 is 5.91 Å². The van der Waals surface area contributed by atoms with E-state index in [-0.39, 0.29) is 18.0 Å². The molecule has 2 atom stereocenters. The molecule has 0 unspecified atom stereocenters. The molecule has 0 bridgehead atoms.